The van der Waals surface area contributed by atoms with Gasteiger partial charge in [-0.05, 0) is 42.4 Å². The number of carbonyl (C=O) groups is 3. The molecule has 13 nitrogen and oxygen atoms in total. The predicted molar refractivity (Wildman–Crippen MR) is 258 cm³/mol. The van der Waals surface area contributed by atoms with Crippen LogP contribution in [0.2, 0.25) is 0 Å². The Morgan fingerprint density at radius 1 is 0.627 bits per heavy atom. The molecule has 6 unspecified atom stereocenters. The van der Waals surface area contributed by atoms with Crippen molar-refractivity contribution in [3.8, 4) is 0 Å². The summed E-state index contributed by atoms with van der Waals surface area (Å²) >= 11 is 0. The summed E-state index contributed by atoms with van der Waals surface area (Å²) in [4.78, 5) is 40.8. The molecule has 1 amide bonds. The van der Waals surface area contributed by atoms with Crippen LogP contribution in [-0.4, -0.2) is 66.3 Å². The average molecular weight is 952 g/mol. The van der Waals surface area contributed by atoms with Crippen LogP contribution in [0.4, 0.5) is 0 Å². The van der Waals surface area contributed by atoms with Gasteiger partial charge in [0, 0.05) is 12.8 Å². The number of phosphoric acid groups is 1. The van der Waals surface area contributed by atoms with E-state index in [9.17, 15) is 24.1 Å². The first kappa shape index (κ1) is 55.7. The summed E-state index contributed by atoms with van der Waals surface area (Å²) < 4.78 is 57.9. The number of hydrogen-bond acceptors (Lipinski definition) is 12. The summed E-state index contributed by atoms with van der Waals surface area (Å²) in [5.74, 6) is -1.58. The standard InChI is InChI=1S/C53H78NO12P/c1-4-7-9-11-12-13-14-16-27-36-48(56)63-45(35-26-15-10-8-5-2)37-49(57)65-52-50(54-47(55)28-6-3)53(58)64-46(41-60-38-42-29-20-17-21-30-42)51(52)66-67(59,61-39-43-31-22-18-23-32-43)62-40-44-33-24-19-25-34-44/h17-25,29-34,45-46,50-53,58H,4-16,26-28,35-41H2,1-3H3,(H,54,55). The van der Waals surface area contributed by atoms with Gasteiger partial charge in [-0.3, -0.25) is 28.0 Å². The molecule has 1 fully saturated rings. The number of aliphatic hydroxyl groups is 1. The molecule has 14 heteroatoms. The molecule has 1 heterocycles. The van der Waals surface area contributed by atoms with Gasteiger partial charge in [-0.15, -0.1) is 0 Å². The molecular formula is C53H78NO12P. The highest BCUT2D eigenvalue weighted by molar-refractivity contribution is 7.48. The first-order chi connectivity index (χ1) is 32.6. The van der Waals surface area contributed by atoms with Crippen LogP contribution < -0.4 is 5.32 Å². The van der Waals surface area contributed by atoms with Crippen LogP contribution >= 0.6 is 7.82 Å². The Morgan fingerprint density at radius 3 is 1.67 bits per heavy atom. The van der Waals surface area contributed by atoms with E-state index in [1.165, 1.54) is 32.1 Å². The Kier molecular flexibility index (Phi) is 27.2. The van der Waals surface area contributed by atoms with E-state index in [1.807, 2.05) is 73.7 Å². The molecule has 1 aliphatic rings. The Balaban J connectivity index is 1.61. The van der Waals surface area contributed by atoms with Gasteiger partial charge in [0.05, 0.1) is 32.8 Å². The summed E-state index contributed by atoms with van der Waals surface area (Å²) in [6, 6.07) is 26.2. The predicted octanol–water partition coefficient (Wildman–Crippen LogP) is 11.6. The van der Waals surface area contributed by atoms with E-state index in [1.54, 1.807) is 24.3 Å². The van der Waals surface area contributed by atoms with Crippen molar-refractivity contribution in [2.24, 2.45) is 0 Å². The minimum absolute atomic E-state index is 0.104. The maximum atomic E-state index is 15.0. The van der Waals surface area contributed by atoms with Gasteiger partial charge < -0.3 is 29.4 Å². The SMILES string of the molecule is CCCCCCCCCCCC(=O)OC(CCCCCCC)CC(=O)OC1C(NC(=O)CCC)C(O)OC(COCc2ccccc2)C1OP(=O)(OCc1ccccc1)OCc1ccccc1. The number of carbonyl (C=O) groups excluding carboxylic acids is 3. The number of hydrogen-bond donors (Lipinski definition) is 2. The van der Waals surface area contributed by atoms with Crippen molar-refractivity contribution in [1.29, 1.82) is 0 Å². The van der Waals surface area contributed by atoms with Gasteiger partial charge in [-0.1, -0.05) is 189 Å². The van der Waals surface area contributed by atoms with Crippen LogP contribution in [-0.2, 0) is 71.3 Å². The average Bonchev–Trinajstić information content (AvgIpc) is 3.33. The third-order valence-corrected chi connectivity index (χ3v) is 13.0. The fourth-order valence-corrected chi connectivity index (χ4v) is 9.28. The molecule has 0 spiro atoms. The zero-order valence-corrected chi connectivity index (χ0v) is 41.2. The third kappa shape index (κ3) is 22.4. The summed E-state index contributed by atoms with van der Waals surface area (Å²) in [7, 11) is -4.61. The normalized spacial score (nSPS) is 18.8. The molecule has 0 saturated carbocycles. The lowest BCUT2D eigenvalue weighted by Crippen LogP contribution is -2.65. The maximum Gasteiger partial charge on any atom is 0.475 e. The van der Waals surface area contributed by atoms with E-state index >= 15 is 0 Å². The third-order valence-electron chi connectivity index (χ3n) is 11.7. The van der Waals surface area contributed by atoms with Gasteiger partial charge in [0.2, 0.25) is 5.91 Å². The largest absolute Gasteiger partial charge is 0.475 e. The Hall–Kier alpha value is -3.94. The molecule has 372 valence electrons. The van der Waals surface area contributed by atoms with Crippen LogP contribution in [0.3, 0.4) is 0 Å². The van der Waals surface area contributed by atoms with Crippen LogP contribution in [0.5, 0.6) is 0 Å². The molecule has 67 heavy (non-hydrogen) atoms. The molecule has 4 rings (SSSR count). The number of benzene rings is 3. The van der Waals surface area contributed by atoms with E-state index in [-0.39, 0.29) is 51.7 Å². The van der Waals surface area contributed by atoms with Crippen LogP contribution in [0, 0.1) is 0 Å². The monoisotopic (exact) mass is 952 g/mol. The number of aliphatic hydroxyl groups excluding tert-OH is 1. The quantitative estimate of drug-likeness (QED) is 0.0326. The summed E-state index contributed by atoms with van der Waals surface area (Å²) in [6.07, 6.45) is 9.14. The summed E-state index contributed by atoms with van der Waals surface area (Å²) in [6.45, 7) is 5.80. The minimum atomic E-state index is -4.61. The minimum Gasteiger partial charge on any atom is -0.462 e. The topological polar surface area (TPSA) is 165 Å². The lowest BCUT2D eigenvalue weighted by molar-refractivity contribution is -0.260. The molecule has 6 atom stereocenters. The number of rotatable bonds is 35. The summed E-state index contributed by atoms with van der Waals surface area (Å²) in [5.41, 5.74) is 2.24. The summed E-state index contributed by atoms with van der Waals surface area (Å²) in [5, 5.41) is 14.4. The molecule has 0 bridgehead atoms. The first-order valence-electron chi connectivity index (χ1n) is 24.9. The van der Waals surface area contributed by atoms with Gasteiger partial charge in [-0.2, -0.15) is 0 Å². The van der Waals surface area contributed by atoms with Crippen LogP contribution in [0.15, 0.2) is 91.0 Å². The highest BCUT2D eigenvalue weighted by Crippen LogP contribution is 2.54. The molecule has 0 aliphatic carbocycles. The molecule has 2 N–H and O–H groups in total. The fraction of sp³-hybridized carbons (Fsp3) is 0.604. The molecule has 1 saturated heterocycles. The second kappa shape index (κ2) is 32.7. The highest BCUT2D eigenvalue weighted by atomic mass is 31.2. The Bertz CT molecular complexity index is 1790. The molecule has 1 aliphatic heterocycles. The zero-order valence-electron chi connectivity index (χ0n) is 40.3. The lowest BCUT2D eigenvalue weighted by Gasteiger charge is -2.44. The van der Waals surface area contributed by atoms with E-state index < -0.39 is 56.4 Å². The van der Waals surface area contributed by atoms with Gasteiger partial charge >= 0.3 is 19.8 Å². The smallest absolute Gasteiger partial charge is 0.462 e. The van der Waals surface area contributed by atoms with E-state index in [4.69, 9.17) is 32.5 Å². The van der Waals surface area contributed by atoms with Crippen molar-refractivity contribution < 1.29 is 56.6 Å². The van der Waals surface area contributed by atoms with Crippen LogP contribution in [0.1, 0.15) is 159 Å². The fourth-order valence-electron chi connectivity index (χ4n) is 7.92. The number of amides is 1. The van der Waals surface area contributed by atoms with Gasteiger partial charge in [0.1, 0.15) is 24.4 Å². The van der Waals surface area contributed by atoms with Gasteiger partial charge in [0.15, 0.2) is 12.4 Å². The van der Waals surface area contributed by atoms with Crippen molar-refractivity contribution >= 4 is 25.7 Å². The maximum absolute atomic E-state index is 15.0. The number of ether oxygens (including phenoxy) is 4. The Morgan fingerprint density at radius 2 is 1.13 bits per heavy atom. The van der Waals surface area contributed by atoms with Crippen molar-refractivity contribution in [2.45, 2.75) is 199 Å². The number of unbranched alkanes of at least 4 members (excludes halogenated alkanes) is 12. The lowest BCUT2D eigenvalue weighted by atomic mass is 9.96. The Labute approximate surface area is 399 Å². The number of phosphoric ester groups is 1. The molecule has 0 aromatic heterocycles. The second-order valence-corrected chi connectivity index (χ2v) is 19.1. The van der Waals surface area contributed by atoms with Gasteiger partial charge in [-0.25, -0.2) is 4.57 Å². The molecule has 0 radical (unpaired) electrons. The highest BCUT2D eigenvalue weighted by Gasteiger charge is 2.52. The van der Waals surface area contributed by atoms with E-state index in [0.717, 1.165) is 56.9 Å². The number of nitrogens with one attached hydrogen (secondary N) is 1. The number of esters is 2. The van der Waals surface area contributed by atoms with Gasteiger partial charge in [0.25, 0.3) is 0 Å². The first-order valence-corrected chi connectivity index (χ1v) is 26.4. The zero-order chi connectivity index (χ0) is 48.0. The van der Waals surface area contributed by atoms with Crippen molar-refractivity contribution in [3.63, 3.8) is 0 Å². The second-order valence-electron chi connectivity index (χ2n) is 17.5. The van der Waals surface area contributed by atoms with Crippen molar-refractivity contribution in [1.82, 2.24) is 5.32 Å². The van der Waals surface area contributed by atoms with Crippen molar-refractivity contribution in [3.05, 3.63) is 108 Å². The van der Waals surface area contributed by atoms with E-state index in [2.05, 4.69) is 19.2 Å². The van der Waals surface area contributed by atoms with E-state index in [0.29, 0.717) is 30.4 Å². The van der Waals surface area contributed by atoms with Crippen LogP contribution in [0.25, 0.3) is 0 Å². The molecule has 3 aromatic carbocycles. The van der Waals surface area contributed by atoms with Crippen molar-refractivity contribution in [2.75, 3.05) is 6.61 Å². The molecule has 3 aromatic rings. The molecular weight excluding hydrogens is 874 g/mol.